The van der Waals surface area contributed by atoms with Crippen LogP contribution in [0.2, 0.25) is 0 Å². The Kier molecular flexibility index (Phi) is 5.06. The maximum absolute atomic E-state index is 12.2. The molecule has 3 rings (SSSR count). The summed E-state index contributed by atoms with van der Waals surface area (Å²) < 4.78 is 1.11. The van der Waals surface area contributed by atoms with Crippen molar-refractivity contribution in [2.24, 2.45) is 5.10 Å². The van der Waals surface area contributed by atoms with Crippen molar-refractivity contribution in [3.63, 3.8) is 0 Å². The first-order valence-corrected chi connectivity index (χ1v) is 8.55. The number of nitrogens with one attached hydrogen (secondary N) is 2. The number of unbranched alkanes of at least 4 members (excludes halogenated alkanes) is 1. The molecule has 0 radical (unpaired) electrons. The van der Waals surface area contributed by atoms with Gasteiger partial charge < -0.3 is 10.5 Å². The van der Waals surface area contributed by atoms with Crippen LogP contribution in [0.1, 0.15) is 43.4 Å². The van der Waals surface area contributed by atoms with Gasteiger partial charge in [0.2, 0.25) is 5.88 Å². The van der Waals surface area contributed by atoms with Crippen LogP contribution in [-0.2, 0) is 6.54 Å². The van der Waals surface area contributed by atoms with Crippen molar-refractivity contribution in [2.75, 3.05) is 0 Å². The van der Waals surface area contributed by atoms with E-state index >= 15 is 0 Å². The first-order chi connectivity index (χ1) is 12.9. The lowest BCUT2D eigenvalue weighted by atomic mass is 9.99. The maximum Gasteiger partial charge on any atom is 0.331 e. The molecule has 1 atom stereocenters. The summed E-state index contributed by atoms with van der Waals surface area (Å²) in [6.45, 7) is 2.23. The number of hydrazone groups is 1. The third-order valence-electron chi connectivity index (χ3n) is 4.43. The molecular formula is C17H19N5O5. The predicted molar refractivity (Wildman–Crippen MR) is 98.0 cm³/mol. The number of nitrogens with zero attached hydrogens (tertiary/aromatic N) is 3. The lowest BCUT2D eigenvalue weighted by molar-refractivity contribution is -0.384. The second-order valence-corrected chi connectivity index (χ2v) is 6.26. The summed E-state index contributed by atoms with van der Waals surface area (Å²) in [6, 6.07) is 5.73. The molecule has 1 aliphatic rings. The molecule has 1 aliphatic heterocycles. The summed E-state index contributed by atoms with van der Waals surface area (Å²) in [4.78, 5) is 36.8. The molecular weight excluding hydrogens is 354 g/mol. The van der Waals surface area contributed by atoms with E-state index in [0.29, 0.717) is 12.0 Å². The molecule has 0 unspecified atom stereocenters. The fourth-order valence-electron chi connectivity index (χ4n) is 2.99. The van der Waals surface area contributed by atoms with Crippen LogP contribution < -0.4 is 16.7 Å². The molecule has 0 fully saturated rings. The van der Waals surface area contributed by atoms with Crippen molar-refractivity contribution >= 4 is 11.4 Å². The molecule has 0 amide bonds. The third kappa shape index (κ3) is 3.59. The van der Waals surface area contributed by atoms with E-state index in [2.05, 4.69) is 15.5 Å². The normalized spacial score (nSPS) is 16.0. The molecule has 3 N–H and O–H groups in total. The molecule has 0 saturated heterocycles. The zero-order valence-electron chi connectivity index (χ0n) is 14.6. The molecule has 27 heavy (non-hydrogen) atoms. The zero-order chi connectivity index (χ0) is 19.6. The van der Waals surface area contributed by atoms with Crippen molar-refractivity contribution in [1.82, 2.24) is 15.0 Å². The highest BCUT2D eigenvalue weighted by Crippen LogP contribution is 2.28. The van der Waals surface area contributed by atoms with Crippen LogP contribution in [-0.4, -0.2) is 25.3 Å². The number of aromatic amines is 1. The van der Waals surface area contributed by atoms with Gasteiger partial charge in [-0.25, -0.2) is 4.79 Å². The minimum atomic E-state index is -0.717. The van der Waals surface area contributed by atoms with Gasteiger partial charge in [0.1, 0.15) is 5.56 Å². The van der Waals surface area contributed by atoms with Crippen LogP contribution in [0.3, 0.4) is 0 Å². The standard InChI is InChI=1S/C17H19N5O5/c1-2-3-7-21-16(24)14(15(23)18-17(21)25)13-9-12(19-20-13)10-5-4-6-11(8-10)22(26)27/h4-6,8,12,19,24H,2-3,7,9H2,1H3,(H,18,23,25)/t12-/m1/s1. The van der Waals surface area contributed by atoms with E-state index in [1.807, 2.05) is 6.92 Å². The summed E-state index contributed by atoms with van der Waals surface area (Å²) in [7, 11) is 0. The maximum atomic E-state index is 12.2. The molecule has 0 bridgehead atoms. The molecule has 2 heterocycles. The van der Waals surface area contributed by atoms with Gasteiger partial charge in [0.25, 0.3) is 11.2 Å². The van der Waals surface area contributed by atoms with Crippen molar-refractivity contribution in [3.8, 4) is 5.88 Å². The summed E-state index contributed by atoms with van der Waals surface area (Å²) >= 11 is 0. The second-order valence-electron chi connectivity index (χ2n) is 6.26. The van der Waals surface area contributed by atoms with Crippen LogP contribution in [0.15, 0.2) is 39.0 Å². The largest absolute Gasteiger partial charge is 0.494 e. The Morgan fingerprint density at radius 3 is 2.89 bits per heavy atom. The number of H-pyrrole nitrogens is 1. The average Bonchev–Trinajstić information content (AvgIpc) is 3.11. The van der Waals surface area contributed by atoms with Crippen molar-refractivity contribution < 1.29 is 10.0 Å². The molecule has 1 aromatic carbocycles. The highest BCUT2D eigenvalue weighted by molar-refractivity contribution is 6.03. The Morgan fingerprint density at radius 1 is 1.41 bits per heavy atom. The molecule has 0 saturated carbocycles. The van der Waals surface area contributed by atoms with E-state index in [-0.39, 0.29) is 36.0 Å². The number of aromatic nitrogens is 2. The summed E-state index contributed by atoms with van der Waals surface area (Å²) in [6.07, 6.45) is 1.72. The van der Waals surface area contributed by atoms with Crippen LogP contribution >= 0.6 is 0 Å². The number of benzene rings is 1. The van der Waals surface area contributed by atoms with E-state index in [4.69, 9.17) is 0 Å². The van der Waals surface area contributed by atoms with Crippen LogP contribution in [0.5, 0.6) is 5.88 Å². The molecule has 0 spiro atoms. The predicted octanol–water partition coefficient (Wildman–Crippen LogP) is 1.39. The number of hydrogen-bond donors (Lipinski definition) is 3. The van der Waals surface area contributed by atoms with E-state index in [0.717, 1.165) is 11.0 Å². The van der Waals surface area contributed by atoms with Gasteiger partial charge in [0.15, 0.2) is 0 Å². The quantitative estimate of drug-likeness (QED) is 0.516. The van der Waals surface area contributed by atoms with Gasteiger partial charge in [-0.05, 0) is 12.0 Å². The zero-order valence-corrected chi connectivity index (χ0v) is 14.6. The minimum absolute atomic E-state index is 0.0449. The van der Waals surface area contributed by atoms with Crippen molar-refractivity contribution in [2.45, 2.75) is 38.8 Å². The third-order valence-corrected chi connectivity index (χ3v) is 4.43. The van der Waals surface area contributed by atoms with Gasteiger partial charge in [-0.1, -0.05) is 25.5 Å². The lowest BCUT2D eigenvalue weighted by Gasteiger charge is -2.11. The average molecular weight is 373 g/mol. The number of nitro groups is 1. The molecule has 10 nitrogen and oxygen atoms in total. The Bertz CT molecular complexity index is 1020. The fraction of sp³-hybridized carbons (Fsp3) is 0.353. The fourth-order valence-corrected chi connectivity index (χ4v) is 2.99. The number of non-ortho nitro benzene ring substituents is 1. The Labute approximate surface area is 153 Å². The van der Waals surface area contributed by atoms with Crippen LogP contribution in [0.4, 0.5) is 5.69 Å². The molecule has 0 aliphatic carbocycles. The summed E-state index contributed by atoms with van der Waals surface area (Å²) in [5, 5.41) is 25.5. The van der Waals surface area contributed by atoms with Gasteiger partial charge in [-0.2, -0.15) is 5.10 Å². The Morgan fingerprint density at radius 2 is 2.19 bits per heavy atom. The number of hydrogen-bond acceptors (Lipinski definition) is 7. The van der Waals surface area contributed by atoms with Gasteiger partial charge in [0, 0.05) is 25.1 Å². The first kappa shape index (κ1) is 18.4. The smallest absolute Gasteiger partial charge is 0.331 e. The number of nitro benzene ring substituents is 1. The van der Waals surface area contributed by atoms with E-state index in [1.54, 1.807) is 12.1 Å². The molecule has 142 valence electrons. The number of aromatic hydroxyl groups is 1. The SMILES string of the molecule is CCCCn1c(O)c(C2=NN[C@@H](c3cccc([N+](=O)[O-])c3)C2)c(=O)[nH]c1=O. The molecule has 10 heteroatoms. The van der Waals surface area contributed by atoms with Gasteiger partial charge in [-0.3, -0.25) is 24.5 Å². The summed E-state index contributed by atoms with van der Waals surface area (Å²) in [5.74, 6) is -0.419. The van der Waals surface area contributed by atoms with Gasteiger partial charge >= 0.3 is 5.69 Å². The molecule has 1 aromatic heterocycles. The van der Waals surface area contributed by atoms with Crippen LogP contribution in [0, 0.1) is 10.1 Å². The monoisotopic (exact) mass is 373 g/mol. The topological polar surface area (TPSA) is 143 Å². The van der Waals surface area contributed by atoms with Crippen molar-refractivity contribution in [3.05, 3.63) is 66.3 Å². The second kappa shape index (κ2) is 7.44. The van der Waals surface area contributed by atoms with E-state index < -0.39 is 22.1 Å². The highest BCUT2D eigenvalue weighted by atomic mass is 16.6. The Hall–Kier alpha value is -3.43. The lowest BCUT2D eigenvalue weighted by Crippen LogP contribution is -2.33. The molecule has 2 aromatic rings. The van der Waals surface area contributed by atoms with Crippen LogP contribution in [0.25, 0.3) is 0 Å². The minimum Gasteiger partial charge on any atom is -0.494 e. The van der Waals surface area contributed by atoms with Crippen molar-refractivity contribution in [1.29, 1.82) is 0 Å². The van der Waals surface area contributed by atoms with E-state index in [9.17, 15) is 24.8 Å². The summed E-state index contributed by atoms with van der Waals surface area (Å²) in [5.41, 5.74) is 2.26. The highest BCUT2D eigenvalue weighted by Gasteiger charge is 2.27. The van der Waals surface area contributed by atoms with Gasteiger partial charge in [-0.15, -0.1) is 0 Å². The Balaban J connectivity index is 1.91. The number of rotatable bonds is 6. The van der Waals surface area contributed by atoms with Gasteiger partial charge in [0.05, 0.1) is 16.7 Å². The van der Waals surface area contributed by atoms with E-state index in [1.165, 1.54) is 12.1 Å². The first-order valence-electron chi connectivity index (χ1n) is 8.55.